The van der Waals surface area contributed by atoms with Gasteiger partial charge in [0.2, 0.25) is 5.91 Å². The number of piperidine rings is 1. The first kappa shape index (κ1) is 14.9. The van der Waals surface area contributed by atoms with E-state index in [0.717, 1.165) is 25.9 Å². The highest BCUT2D eigenvalue weighted by atomic mass is 16.5. The van der Waals surface area contributed by atoms with Crippen molar-refractivity contribution in [3.05, 3.63) is 0 Å². The minimum atomic E-state index is -0.255. The van der Waals surface area contributed by atoms with Gasteiger partial charge < -0.3 is 15.2 Å². The van der Waals surface area contributed by atoms with Crippen LogP contribution in [0.4, 0.5) is 0 Å². The lowest BCUT2D eigenvalue weighted by molar-refractivity contribution is -0.140. The number of rotatable bonds is 6. The Morgan fingerprint density at radius 1 is 1.39 bits per heavy atom. The van der Waals surface area contributed by atoms with Gasteiger partial charge in [-0.05, 0) is 19.3 Å². The van der Waals surface area contributed by atoms with E-state index >= 15 is 0 Å². The smallest absolute Gasteiger partial charge is 0.305 e. The third-order valence-corrected chi connectivity index (χ3v) is 3.03. The van der Waals surface area contributed by atoms with Crippen LogP contribution in [0.15, 0.2) is 0 Å². The van der Waals surface area contributed by atoms with Crippen molar-refractivity contribution in [1.82, 2.24) is 10.2 Å². The molecule has 2 N–H and O–H groups in total. The summed E-state index contributed by atoms with van der Waals surface area (Å²) >= 11 is 0. The van der Waals surface area contributed by atoms with E-state index in [-0.39, 0.29) is 18.0 Å². The molecule has 1 amide bonds. The Morgan fingerprint density at radius 2 is 2.06 bits per heavy atom. The molecule has 1 aliphatic heterocycles. The number of nitrogens with zero attached hydrogens (tertiary/aromatic N) is 1. The molecule has 0 aliphatic carbocycles. The lowest BCUT2D eigenvalue weighted by atomic mass is 10.1. The van der Waals surface area contributed by atoms with Crippen molar-refractivity contribution in [2.45, 2.75) is 31.8 Å². The largest absolute Gasteiger partial charge is 0.469 e. The summed E-state index contributed by atoms with van der Waals surface area (Å²) in [6.07, 6.45) is 2.17. The second-order valence-electron chi connectivity index (χ2n) is 4.54. The Kier molecular flexibility index (Phi) is 6.67. The molecule has 0 bridgehead atoms. The van der Waals surface area contributed by atoms with E-state index in [4.69, 9.17) is 0 Å². The number of amides is 1. The average molecular weight is 258 g/mol. The van der Waals surface area contributed by atoms with Crippen molar-refractivity contribution in [2.24, 2.45) is 0 Å². The van der Waals surface area contributed by atoms with E-state index in [1.807, 2.05) is 4.90 Å². The number of hydrogen-bond acceptors (Lipinski definition) is 5. The molecule has 1 rings (SSSR count). The van der Waals surface area contributed by atoms with Crippen molar-refractivity contribution in [3.63, 3.8) is 0 Å². The first-order valence-corrected chi connectivity index (χ1v) is 6.35. The molecule has 0 aromatic heterocycles. The zero-order valence-corrected chi connectivity index (χ0v) is 10.9. The van der Waals surface area contributed by atoms with Crippen LogP contribution in [0, 0.1) is 0 Å². The molecule has 0 atom stereocenters. The highest BCUT2D eigenvalue weighted by Gasteiger charge is 2.18. The van der Waals surface area contributed by atoms with Crippen LogP contribution in [0.25, 0.3) is 0 Å². The molecule has 1 aliphatic rings. The van der Waals surface area contributed by atoms with Gasteiger partial charge >= 0.3 is 5.97 Å². The highest BCUT2D eigenvalue weighted by molar-refractivity contribution is 5.78. The minimum absolute atomic E-state index is 0.0312. The van der Waals surface area contributed by atoms with Crippen LogP contribution < -0.4 is 5.32 Å². The van der Waals surface area contributed by atoms with Crippen LogP contribution in [0.5, 0.6) is 0 Å². The molecule has 0 unspecified atom stereocenters. The Bertz CT molecular complexity index is 275. The van der Waals surface area contributed by atoms with Crippen molar-refractivity contribution >= 4 is 11.9 Å². The van der Waals surface area contributed by atoms with Crippen molar-refractivity contribution in [2.75, 3.05) is 33.3 Å². The molecule has 0 aromatic carbocycles. The number of likely N-dealkylation sites (tertiary alicyclic amines) is 1. The van der Waals surface area contributed by atoms with Gasteiger partial charge in [0.25, 0.3) is 0 Å². The fourth-order valence-corrected chi connectivity index (χ4v) is 1.90. The third kappa shape index (κ3) is 5.97. The Hall–Kier alpha value is -1.14. The molecule has 6 nitrogen and oxygen atoms in total. The number of methoxy groups -OCH3 is 1. The van der Waals surface area contributed by atoms with Crippen LogP contribution in [0.3, 0.4) is 0 Å². The summed E-state index contributed by atoms with van der Waals surface area (Å²) in [6.45, 7) is 2.38. The van der Waals surface area contributed by atoms with E-state index in [0.29, 0.717) is 25.9 Å². The summed E-state index contributed by atoms with van der Waals surface area (Å²) in [7, 11) is 1.35. The molecule has 1 fully saturated rings. The number of carbonyl (C=O) groups is 2. The van der Waals surface area contributed by atoms with Gasteiger partial charge in [0.15, 0.2) is 0 Å². The first-order chi connectivity index (χ1) is 8.61. The number of esters is 1. The molecule has 104 valence electrons. The maximum absolute atomic E-state index is 11.6. The molecule has 0 radical (unpaired) electrons. The lowest BCUT2D eigenvalue weighted by Crippen LogP contribution is -2.42. The number of aliphatic hydroxyl groups is 1. The predicted molar refractivity (Wildman–Crippen MR) is 65.9 cm³/mol. The van der Waals surface area contributed by atoms with Gasteiger partial charge in [-0.3, -0.25) is 14.5 Å². The molecule has 1 heterocycles. The van der Waals surface area contributed by atoms with Gasteiger partial charge in [0.1, 0.15) is 0 Å². The fraction of sp³-hybridized carbons (Fsp3) is 0.833. The van der Waals surface area contributed by atoms with Crippen molar-refractivity contribution < 1.29 is 19.4 Å². The quantitative estimate of drug-likeness (QED) is 0.496. The van der Waals surface area contributed by atoms with E-state index < -0.39 is 0 Å². The van der Waals surface area contributed by atoms with Crippen LogP contribution in [-0.2, 0) is 14.3 Å². The molecule has 0 saturated carbocycles. The standard InChI is InChI=1S/C12H22N2O4/c1-18-12(17)3-2-6-13-11(16)9-14-7-4-10(15)5-8-14/h10,15H,2-9H2,1H3,(H,13,16). The van der Waals surface area contributed by atoms with Gasteiger partial charge in [-0.25, -0.2) is 0 Å². The Balaban J connectivity index is 2.05. The SMILES string of the molecule is COC(=O)CCCNC(=O)CN1CCC(O)CC1. The van der Waals surface area contributed by atoms with Gasteiger partial charge in [-0.2, -0.15) is 0 Å². The monoisotopic (exact) mass is 258 g/mol. The van der Waals surface area contributed by atoms with E-state index in [9.17, 15) is 14.7 Å². The summed E-state index contributed by atoms with van der Waals surface area (Å²) in [6, 6.07) is 0. The normalized spacial score (nSPS) is 17.4. The third-order valence-electron chi connectivity index (χ3n) is 3.03. The highest BCUT2D eigenvalue weighted by Crippen LogP contribution is 2.08. The molecule has 0 aromatic rings. The number of nitrogens with one attached hydrogen (secondary N) is 1. The predicted octanol–water partition coefficient (Wildman–Crippen LogP) is -0.487. The second kappa shape index (κ2) is 8.05. The van der Waals surface area contributed by atoms with E-state index in [2.05, 4.69) is 10.1 Å². The average Bonchev–Trinajstić information content (AvgIpc) is 2.37. The van der Waals surface area contributed by atoms with Gasteiger partial charge in [-0.1, -0.05) is 0 Å². The maximum atomic E-state index is 11.6. The summed E-state index contributed by atoms with van der Waals surface area (Å²) in [5.41, 5.74) is 0. The van der Waals surface area contributed by atoms with Crippen LogP contribution in [0.1, 0.15) is 25.7 Å². The lowest BCUT2D eigenvalue weighted by Gasteiger charge is -2.28. The van der Waals surface area contributed by atoms with Crippen molar-refractivity contribution in [1.29, 1.82) is 0 Å². The van der Waals surface area contributed by atoms with E-state index in [1.54, 1.807) is 0 Å². The summed E-state index contributed by atoms with van der Waals surface area (Å²) < 4.78 is 4.51. The summed E-state index contributed by atoms with van der Waals surface area (Å²) in [5.74, 6) is -0.287. The number of hydrogen-bond donors (Lipinski definition) is 2. The van der Waals surface area contributed by atoms with Crippen LogP contribution >= 0.6 is 0 Å². The van der Waals surface area contributed by atoms with Crippen molar-refractivity contribution in [3.8, 4) is 0 Å². The van der Waals surface area contributed by atoms with Gasteiger partial charge in [0.05, 0.1) is 19.8 Å². The number of carbonyl (C=O) groups excluding carboxylic acids is 2. The molecular weight excluding hydrogens is 236 g/mol. The number of ether oxygens (including phenoxy) is 1. The van der Waals surface area contributed by atoms with Crippen LogP contribution in [0.2, 0.25) is 0 Å². The summed E-state index contributed by atoms with van der Waals surface area (Å²) in [4.78, 5) is 24.4. The molecular formula is C12H22N2O4. The fourth-order valence-electron chi connectivity index (χ4n) is 1.90. The Labute approximate surface area is 107 Å². The zero-order valence-electron chi connectivity index (χ0n) is 10.9. The number of aliphatic hydroxyl groups excluding tert-OH is 1. The van der Waals surface area contributed by atoms with Gasteiger partial charge in [0, 0.05) is 26.1 Å². The summed E-state index contributed by atoms with van der Waals surface area (Å²) in [5, 5.41) is 12.1. The second-order valence-corrected chi connectivity index (χ2v) is 4.54. The first-order valence-electron chi connectivity index (χ1n) is 6.35. The van der Waals surface area contributed by atoms with Gasteiger partial charge in [-0.15, -0.1) is 0 Å². The minimum Gasteiger partial charge on any atom is -0.469 e. The topological polar surface area (TPSA) is 78.9 Å². The zero-order chi connectivity index (χ0) is 13.4. The van der Waals surface area contributed by atoms with E-state index in [1.165, 1.54) is 7.11 Å². The molecule has 18 heavy (non-hydrogen) atoms. The maximum Gasteiger partial charge on any atom is 0.305 e. The Morgan fingerprint density at radius 3 is 2.67 bits per heavy atom. The molecule has 1 saturated heterocycles. The van der Waals surface area contributed by atoms with Crippen LogP contribution in [-0.4, -0.2) is 61.3 Å². The molecule has 6 heteroatoms. The molecule has 0 spiro atoms.